The van der Waals surface area contributed by atoms with Crippen LogP contribution in [0.15, 0.2) is 6.07 Å². The number of carbonyl (C=O) groups excluding carboxylic acids is 3. The van der Waals surface area contributed by atoms with Crippen LogP contribution in [0.5, 0.6) is 0 Å². The van der Waals surface area contributed by atoms with Gasteiger partial charge in [-0.05, 0) is 31.7 Å². The fourth-order valence-electron chi connectivity index (χ4n) is 2.75. The van der Waals surface area contributed by atoms with Crippen molar-refractivity contribution in [1.82, 2.24) is 0 Å². The van der Waals surface area contributed by atoms with E-state index >= 15 is 0 Å². The second kappa shape index (κ2) is 7.30. The van der Waals surface area contributed by atoms with Gasteiger partial charge in [-0.2, -0.15) is 13.2 Å². The Bertz CT molecular complexity index is 681. The molecule has 0 aromatic carbocycles. The quantitative estimate of drug-likeness (QED) is 0.643. The number of alkyl halides is 3. The number of rotatable bonds is 4. The van der Waals surface area contributed by atoms with Crippen molar-refractivity contribution in [2.45, 2.75) is 31.9 Å². The third kappa shape index (κ3) is 4.84. The summed E-state index contributed by atoms with van der Waals surface area (Å²) in [6, 6.07) is 0.394. The van der Waals surface area contributed by atoms with Crippen molar-refractivity contribution >= 4 is 39.2 Å². The summed E-state index contributed by atoms with van der Waals surface area (Å²) >= 11 is 0.889. The van der Waals surface area contributed by atoms with Crippen LogP contribution < -0.4 is 22.1 Å². The minimum Gasteiger partial charge on any atom is -0.366 e. The summed E-state index contributed by atoms with van der Waals surface area (Å²) in [6.45, 7) is 0. The summed E-state index contributed by atoms with van der Waals surface area (Å²) in [5.41, 5.74) is 10.2. The molecule has 2 rings (SSSR count). The summed E-state index contributed by atoms with van der Waals surface area (Å²) in [4.78, 5) is 34.5. The zero-order chi connectivity index (χ0) is 18.8. The summed E-state index contributed by atoms with van der Waals surface area (Å²) in [6.07, 6.45) is -4.14. The highest BCUT2D eigenvalue weighted by Crippen LogP contribution is 2.40. The van der Waals surface area contributed by atoms with Crippen molar-refractivity contribution in [1.29, 1.82) is 0 Å². The van der Waals surface area contributed by atoms with Crippen molar-refractivity contribution in [2.24, 2.45) is 23.3 Å². The Morgan fingerprint density at radius 2 is 1.68 bits per heavy atom. The number of primary amides is 2. The highest BCUT2D eigenvalue weighted by molar-refractivity contribution is 7.20. The molecule has 1 aliphatic carbocycles. The zero-order valence-electron chi connectivity index (χ0n) is 13.0. The molecule has 0 aliphatic heterocycles. The lowest BCUT2D eigenvalue weighted by Crippen LogP contribution is -2.32. The van der Waals surface area contributed by atoms with Crippen LogP contribution in [0, 0.1) is 11.8 Å². The van der Waals surface area contributed by atoms with Crippen LogP contribution in [0.2, 0.25) is 0 Å². The van der Waals surface area contributed by atoms with Crippen molar-refractivity contribution in [3.63, 3.8) is 0 Å². The van der Waals surface area contributed by atoms with Crippen LogP contribution in [0.1, 0.15) is 36.0 Å². The largest absolute Gasteiger partial charge is 0.391 e. The van der Waals surface area contributed by atoms with E-state index in [0.29, 0.717) is 0 Å². The fraction of sp³-hybridized carbons (Fsp3) is 0.500. The molecule has 25 heavy (non-hydrogen) atoms. The van der Waals surface area contributed by atoms with Crippen molar-refractivity contribution in [3.8, 4) is 0 Å². The SMILES string of the molecule is NC(=O)Nc1sc(NC(=O)C2CCC(C(F)(F)F)CC2)cc1C(N)=O. The van der Waals surface area contributed by atoms with Crippen LogP contribution in [-0.4, -0.2) is 24.0 Å². The fourth-order valence-corrected chi connectivity index (χ4v) is 3.72. The number of carbonyl (C=O) groups is 3. The third-order valence-corrected chi connectivity index (χ3v) is 5.01. The van der Waals surface area contributed by atoms with Gasteiger partial charge in [0, 0.05) is 5.92 Å². The molecule has 7 nitrogen and oxygen atoms in total. The molecule has 1 aromatic rings. The van der Waals surface area contributed by atoms with Gasteiger partial charge in [0.2, 0.25) is 5.91 Å². The Morgan fingerprint density at radius 3 is 2.16 bits per heavy atom. The van der Waals surface area contributed by atoms with Crippen LogP contribution in [-0.2, 0) is 4.79 Å². The van der Waals surface area contributed by atoms with Crippen LogP contribution in [0.3, 0.4) is 0 Å². The number of halogens is 3. The molecule has 1 saturated carbocycles. The lowest BCUT2D eigenvalue weighted by molar-refractivity contribution is -0.184. The first-order chi connectivity index (χ1) is 11.6. The maximum Gasteiger partial charge on any atom is 0.391 e. The van der Waals surface area contributed by atoms with Crippen LogP contribution in [0.4, 0.5) is 28.0 Å². The summed E-state index contributed by atoms with van der Waals surface area (Å²) in [5.74, 6) is -3.15. The molecule has 0 saturated heterocycles. The second-order valence-electron chi connectivity index (χ2n) is 5.79. The van der Waals surface area contributed by atoms with Gasteiger partial charge >= 0.3 is 12.2 Å². The highest BCUT2D eigenvalue weighted by atomic mass is 32.1. The molecule has 6 N–H and O–H groups in total. The van der Waals surface area contributed by atoms with Gasteiger partial charge in [-0.25, -0.2) is 4.79 Å². The molecule has 1 aliphatic rings. The summed E-state index contributed by atoms with van der Waals surface area (Å²) in [7, 11) is 0. The molecular formula is C14H17F3N4O3S. The molecule has 4 amide bonds. The Hall–Kier alpha value is -2.30. The van der Waals surface area contributed by atoms with E-state index in [1.807, 2.05) is 0 Å². The molecule has 0 radical (unpaired) electrons. The van der Waals surface area contributed by atoms with Crippen molar-refractivity contribution < 1.29 is 27.6 Å². The molecule has 1 heterocycles. The second-order valence-corrected chi connectivity index (χ2v) is 6.84. The Kier molecular flexibility index (Phi) is 5.55. The third-order valence-electron chi connectivity index (χ3n) is 4.04. The van der Waals surface area contributed by atoms with Gasteiger partial charge < -0.3 is 16.8 Å². The number of nitrogens with one attached hydrogen (secondary N) is 2. The van der Waals surface area contributed by atoms with Gasteiger partial charge in [0.15, 0.2) is 0 Å². The molecule has 0 atom stereocenters. The van der Waals surface area contributed by atoms with Gasteiger partial charge in [0.05, 0.1) is 16.5 Å². The van der Waals surface area contributed by atoms with E-state index in [0.717, 1.165) is 11.3 Å². The van der Waals surface area contributed by atoms with Crippen LogP contribution >= 0.6 is 11.3 Å². The Labute approximate surface area is 144 Å². The van der Waals surface area contributed by atoms with Gasteiger partial charge in [0.25, 0.3) is 5.91 Å². The molecule has 0 unspecified atom stereocenters. The van der Waals surface area contributed by atoms with Crippen molar-refractivity contribution in [3.05, 3.63) is 11.6 Å². The number of amides is 4. The predicted octanol–water partition coefficient (Wildman–Crippen LogP) is 2.64. The van der Waals surface area contributed by atoms with E-state index in [9.17, 15) is 27.6 Å². The van der Waals surface area contributed by atoms with E-state index in [4.69, 9.17) is 11.5 Å². The molecule has 1 aromatic heterocycles. The van der Waals surface area contributed by atoms with E-state index in [1.165, 1.54) is 6.07 Å². The normalized spacial score (nSPS) is 20.8. The van der Waals surface area contributed by atoms with Gasteiger partial charge in [-0.3, -0.25) is 14.9 Å². The average Bonchev–Trinajstić information content (AvgIpc) is 2.88. The molecule has 0 spiro atoms. The highest BCUT2D eigenvalue weighted by Gasteiger charge is 2.42. The number of nitrogens with two attached hydrogens (primary N) is 2. The molecule has 11 heteroatoms. The smallest absolute Gasteiger partial charge is 0.366 e. The van der Waals surface area contributed by atoms with Crippen LogP contribution in [0.25, 0.3) is 0 Å². The number of hydrogen-bond donors (Lipinski definition) is 4. The average molecular weight is 378 g/mol. The zero-order valence-corrected chi connectivity index (χ0v) is 13.8. The standard InChI is InChI=1S/C14H17F3N4O3S/c15-14(16,17)7-3-1-6(2-4-7)11(23)20-9-5-8(10(18)22)12(25-9)21-13(19)24/h5-7H,1-4H2,(H2,18,22)(H,20,23)(H3,19,21,24). The van der Waals surface area contributed by atoms with Gasteiger partial charge in [-0.15, -0.1) is 0 Å². The molecule has 1 fully saturated rings. The Morgan fingerprint density at radius 1 is 1.08 bits per heavy atom. The number of anilines is 2. The number of urea groups is 1. The predicted molar refractivity (Wildman–Crippen MR) is 86.2 cm³/mol. The summed E-state index contributed by atoms with van der Waals surface area (Å²) < 4.78 is 38.0. The van der Waals surface area contributed by atoms with E-state index < -0.39 is 35.9 Å². The summed E-state index contributed by atoms with van der Waals surface area (Å²) in [5, 5.41) is 5.13. The van der Waals surface area contributed by atoms with Gasteiger partial charge in [0.1, 0.15) is 5.00 Å². The molecule has 138 valence electrons. The first kappa shape index (κ1) is 19.0. The monoisotopic (exact) mass is 378 g/mol. The number of hydrogen-bond acceptors (Lipinski definition) is 4. The minimum atomic E-state index is -4.24. The Balaban J connectivity index is 2.01. The lowest BCUT2D eigenvalue weighted by atomic mass is 9.81. The van der Waals surface area contributed by atoms with E-state index in [-0.39, 0.29) is 41.2 Å². The maximum atomic E-state index is 12.7. The van der Waals surface area contributed by atoms with E-state index in [1.54, 1.807) is 0 Å². The lowest BCUT2D eigenvalue weighted by Gasteiger charge is -2.28. The first-order valence-corrected chi connectivity index (χ1v) is 8.27. The van der Waals surface area contributed by atoms with Gasteiger partial charge in [-0.1, -0.05) is 11.3 Å². The minimum absolute atomic E-state index is 0.0140. The maximum absolute atomic E-state index is 12.7. The molecular weight excluding hydrogens is 361 g/mol. The van der Waals surface area contributed by atoms with Crippen molar-refractivity contribution in [2.75, 3.05) is 10.6 Å². The van der Waals surface area contributed by atoms with E-state index in [2.05, 4.69) is 10.6 Å². The first-order valence-electron chi connectivity index (χ1n) is 7.45. The topological polar surface area (TPSA) is 127 Å². The molecule has 0 bridgehead atoms. The number of thiophene rings is 1.